The van der Waals surface area contributed by atoms with Crippen LogP contribution >= 0.6 is 0 Å². The van der Waals surface area contributed by atoms with Gasteiger partial charge in [-0.25, -0.2) is 0 Å². The molecule has 1 aliphatic heterocycles. The molecule has 0 bridgehead atoms. The van der Waals surface area contributed by atoms with Crippen molar-refractivity contribution in [2.75, 3.05) is 39.4 Å². The highest BCUT2D eigenvalue weighted by atomic mass is 16.5. The molecule has 0 spiro atoms. The van der Waals surface area contributed by atoms with Gasteiger partial charge < -0.3 is 10.1 Å². The maximum atomic E-state index is 5.70. The number of ether oxygens (including phenoxy) is 1. The van der Waals surface area contributed by atoms with Gasteiger partial charge in [0.1, 0.15) is 0 Å². The predicted octanol–water partition coefficient (Wildman–Crippen LogP) is 1.98. The topological polar surface area (TPSA) is 24.5 Å². The van der Waals surface area contributed by atoms with E-state index in [1.807, 2.05) is 0 Å². The van der Waals surface area contributed by atoms with E-state index in [-0.39, 0.29) is 0 Å². The van der Waals surface area contributed by atoms with Crippen molar-refractivity contribution in [3.8, 4) is 0 Å². The summed E-state index contributed by atoms with van der Waals surface area (Å²) in [4.78, 5) is 2.58. The molecule has 1 rings (SSSR count). The minimum absolute atomic E-state index is 0.339. The van der Waals surface area contributed by atoms with Gasteiger partial charge in [-0.05, 0) is 11.3 Å². The molecule has 0 aromatic carbocycles. The highest BCUT2D eigenvalue weighted by molar-refractivity contribution is 4.88. The van der Waals surface area contributed by atoms with Crippen molar-refractivity contribution in [3.63, 3.8) is 0 Å². The zero-order chi connectivity index (χ0) is 12.9. The van der Waals surface area contributed by atoms with Crippen LogP contribution in [0.25, 0.3) is 0 Å². The number of hydrogen-bond acceptors (Lipinski definition) is 3. The third-order valence-corrected chi connectivity index (χ3v) is 3.33. The Hall–Kier alpha value is -0.120. The fraction of sp³-hybridized carbons (Fsp3) is 1.00. The molecule has 1 fully saturated rings. The molecule has 0 aromatic heterocycles. The van der Waals surface area contributed by atoms with E-state index in [0.717, 1.165) is 39.4 Å². The van der Waals surface area contributed by atoms with Crippen LogP contribution in [0.4, 0.5) is 0 Å². The van der Waals surface area contributed by atoms with E-state index in [1.165, 1.54) is 0 Å². The maximum absolute atomic E-state index is 5.70. The molecule has 1 atom stereocenters. The fourth-order valence-electron chi connectivity index (χ4n) is 2.37. The van der Waals surface area contributed by atoms with Crippen molar-refractivity contribution in [2.24, 2.45) is 11.3 Å². The van der Waals surface area contributed by atoms with Gasteiger partial charge in [0.2, 0.25) is 0 Å². The molecular weight excluding hydrogens is 212 g/mol. The Morgan fingerprint density at radius 2 is 2.06 bits per heavy atom. The zero-order valence-electron chi connectivity index (χ0n) is 12.3. The van der Waals surface area contributed by atoms with Crippen LogP contribution in [-0.2, 0) is 4.74 Å². The van der Waals surface area contributed by atoms with Gasteiger partial charge in [0.15, 0.2) is 0 Å². The highest BCUT2D eigenvalue weighted by Crippen LogP contribution is 2.25. The Bertz CT molecular complexity index is 211. The molecule has 0 radical (unpaired) electrons. The minimum atomic E-state index is 0.339. The first-order valence-corrected chi connectivity index (χ1v) is 6.93. The third kappa shape index (κ3) is 5.36. The lowest BCUT2D eigenvalue weighted by Crippen LogP contribution is -2.57. The summed E-state index contributed by atoms with van der Waals surface area (Å²) >= 11 is 0. The van der Waals surface area contributed by atoms with Crippen LogP contribution in [0.2, 0.25) is 0 Å². The smallest absolute Gasteiger partial charge is 0.0593 e. The van der Waals surface area contributed by atoms with Gasteiger partial charge in [-0.3, -0.25) is 4.90 Å². The van der Waals surface area contributed by atoms with E-state index < -0.39 is 0 Å². The molecule has 1 N–H and O–H groups in total. The van der Waals surface area contributed by atoms with Gasteiger partial charge in [-0.2, -0.15) is 0 Å². The van der Waals surface area contributed by atoms with Crippen LogP contribution in [0.15, 0.2) is 0 Å². The van der Waals surface area contributed by atoms with Gasteiger partial charge in [-0.1, -0.05) is 34.6 Å². The van der Waals surface area contributed by atoms with Crippen LogP contribution in [0.3, 0.4) is 0 Å². The van der Waals surface area contributed by atoms with E-state index >= 15 is 0 Å². The molecule has 0 saturated carbocycles. The van der Waals surface area contributed by atoms with E-state index in [1.54, 1.807) is 0 Å². The summed E-state index contributed by atoms with van der Waals surface area (Å²) in [6, 6.07) is 0.624. The normalized spacial score (nSPS) is 23.3. The zero-order valence-corrected chi connectivity index (χ0v) is 12.3. The molecule has 3 heteroatoms. The Labute approximate surface area is 107 Å². The molecule has 0 aliphatic carbocycles. The van der Waals surface area contributed by atoms with E-state index in [4.69, 9.17) is 4.74 Å². The van der Waals surface area contributed by atoms with Crippen molar-refractivity contribution in [1.82, 2.24) is 10.2 Å². The van der Waals surface area contributed by atoms with Gasteiger partial charge >= 0.3 is 0 Å². The number of piperazine rings is 1. The largest absolute Gasteiger partial charge is 0.380 e. The Morgan fingerprint density at radius 3 is 2.65 bits per heavy atom. The number of rotatable bonds is 5. The molecule has 1 saturated heterocycles. The number of hydrogen-bond donors (Lipinski definition) is 1. The van der Waals surface area contributed by atoms with Crippen molar-refractivity contribution in [1.29, 1.82) is 0 Å². The maximum Gasteiger partial charge on any atom is 0.0593 e. The number of nitrogens with zero attached hydrogens (tertiary/aromatic N) is 1. The third-order valence-electron chi connectivity index (χ3n) is 3.33. The molecular formula is C14H30N2O. The van der Waals surface area contributed by atoms with E-state index in [9.17, 15) is 0 Å². The van der Waals surface area contributed by atoms with Crippen LogP contribution in [-0.4, -0.2) is 50.3 Å². The van der Waals surface area contributed by atoms with Crippen LogP contribution in [0.5, 0.6) is 0 Å². The predicted molar refractivity (Wildman–Crippen MR) is 73.3 cm³/mol. The first-order valence-electron chi connectivity index (χ1n) is 6.93. The van der Waals surface area contributed by atoms with Crippen LogP contribution < -0.4 is 5.32 Å². The van der Waals surface area contributed by atoms with Gasteiger partial charge in [0, 0.05) is 38.8 Å². The summed E-state index contributed by atoms with van der Waals surface area (Å²) in [7, 11) is 0. The second kappa shape index (κ2) is 6.72. The van der Waals surface area contributed by atoms with Crippen LogP contribution in [0.1, 0.15) is 34.6 Å². The van der Waals surface area contributed by atoms with E-state index in [2.05, 4.69) is 44.8 Å². The Balaban J connectivity index is 2.33. The first kappa shape index (κ1) is 14.9. The molecule has 1 aliphatic rings. The van der Waals surface area contributed by atoms with Gasteiger partial charge in [0.25, 0.3) is 0 Å². The lowest BCUT2D eigenvalue weighted by molar-refractivity contribution is 0.0320. The highest BCUT2D eigenvalue weighted by Gasteiger charge is 2.31. The molecule has 3 nitrogen and oxygen atoms in total. The fourth-order valence-corrected chi connectivity index (χ4v) is 2.37. The second-order valence-electron chi connectivity index (χ2n) is 6.59. The summed E-state index contributed by atoms with van der Waals surface area (Å²) in [5, 5.41) is 3.50. The monoisotopic (exact) mass is 242 g/mol. The molecule has 1 heterocycles. The quantitative estimate of drug-likeness (QED) is 0.746. The molecule has 1 unspecified atom stereocenters. The summed E-state index contributed by atoms with van der Waals surface area (Å²) < 4.78 is 5.70. The lowest BCUT2D eigenvalue weighted by Gasteiger charge is -2.43. The Kier molecular flexibility index (Phi) is 5.90. The first-order chi connectivity index (χ1) is 7.91. The molecule has 0 amide bonds. The van der Waals surface area contributed by atoms with Gasteiger partial charge in [0.05, 0.1) is 6.61 Å². The molecule has 0 aromatic rings. The standard InChI is InChI=1S/C14H30N2O/c1-12(2)11-17-9-8-16-7-6-15-10-13(16)14(3,4)5/h12-13,15H,6-11H2,1-5H3. The summed E-state index contributed by atoms with van der Waals surface area (Å²) in [6.45, 7) is 17.5. The van der Waals surface area contributed by atoms with Crippen molar-refractivity contribution in [2.45, 2.75) is 40.7 Å². The van der Waals surface area contributed by atoms with Crippen LogP contribution in [0, 0.1) is 11.3 Å². The minimum Gasteiger partial charge on any atom is -0.380 e. The molecule has 102 valence electrons. The summed E-state index contributed by atoms with van der Waals surface area (Å²) in [5.74, 6) is 0.636. The number of nitrogens with one attached hydrogen (secondary N) is 1. The second-order valence-corrected chi connectivity index (χ2v) is 6.59. The average Bonchev–Trinajstić information content (AvgIpc) is 2.23. The van der Waals surface area contributed by atoms with Crippen molar-refractivity contribution >= 4 is 0 Å². The Morgan fingerprint density at radius 1 is 1.35 bits per heavy atom. The van der Waals surface area contributed by atoms with Gasteiger partial charge in [-0.15, -0.1) is 0 Å². The SMILES string of the molecule is CC(C)COCCN1CCNCC1C(C)(C)C. The van der Waals surface area contributed by atoms with Crippen molar-refractivity contribution < 1.29 is 4.74 Å². The van der Waals surface area contributed by atoms with E-state index in [0.29, 0.717) is 17.4 Å². The summed E-state index contributed by atoms with van der Waals surface area (Å²) in [6.07, 6.45) is 0. The summed E-state index contributed by atoms with van der Waals surface area (Å²) in [5.41, 5.74) is 0.339. The van der Waals surface area contributed by atoms with Crippen molar-refractivity contribution in [3.05, 3.63) is 0 Å². The average molecular weight is 242 g/mol. The lowest BCUT2D eigenvalue weighted by atomic mass is 9.84. The molecule has 17 heavy (non-hydrogen) atoms.